The molecule has 0 spiro atoms. The van der Waals surface area contributed by atoms with Crippen LogP contribution in [0.2, 0.25) is 0 Å². The Hall–Kier alpha value is -3.23. The number of rotatable bonds is 5. The fourth-order valence-electron chi connectivity index (χ4n) is 2.23. The number of anilines is 1. The first-order chi connectivity index (χ1) is 11.6. The van der Waals surface area contributed by atoms with Gasteiger partial charge in [0.05, 0.1) is 7.11 Å². The van der Waals surface area contributed by atoms with Crippen molar-refractivity contribution in [1.82, 2.24) is 15.1 Å². The SMILES string of the molecule is COc1ccc(-c2nnc(NC(=O)CN3C(=O)CCC3=O)o2)cc1. The topological polar surface area (TPSA) is 115 Å². The number of carbonyl (C=O) groups excluding carboxylic acids is 3. The maximum absolute atomic E-state index is 11.9. The zero-order valence-electron chi connectivity index (χ0n) is 12.8. The van der Waals surface area contributed by atoms with E-state index >= 15 is 0 Å². The summed E-state index contributed by atoms with van der Waals surface area (Å²) in [6.45, 7) is -0.363. The van der Waals surface area contributed by atoms with Crippen molar-refractivity contribution in [2.75, 3.05) is 19.0 Å². The van der Waals surface area contributed by atoms with E-state index in [-0.39, 0.29) is 43.1 Å². The van der Waals surface area contributed by atoms with Crippen LogP contribution in [0.1, 0.15) is 12.8 Å². The summed E-state index contributed by atoms with van der Waals surface area (Å²) in [6.07, 6.45) is 0.266. The van der Waals surface area contributed by atoms with Crippen LogP contribution < -0.4 is 10.1 Å². The van der Waals surface area contributed by atoms with Gasteiger partial charge in [0.2, 0.25) is 23.6 Å². The normalized spacial score (nSPS) is 14.1. The van der Waals surface area contributed by atoms with Gasteiger partial charge in [-0.2, -0.15) is 0 Å². The highest BCUT2D eigenvalue weighted by Gasteiger charge is 2.30. The molecular weight excluding hydrogens is 316 g/mol. The summed E-state index contributed by atoms with van der Waals surface area (Å²) >= 11 is 0. The third-order valence-corrected chi connectivity index (χ3v) is 3.46. The number of likely N-dealkylation sites (tertiary alicyclic amines) is 1. The van der Waals surface area contributed by atoms with E-state index < -0.39 is 5.91 Å². The average molecular weight is 330 g/mol. The molecule has 0 radical (unpaired) electrons. The quantitative estimate of drug-likeness (QED) is 0.807. The van der Waals surface area contributed by atoms with Crippen LogP contribution in [-0.2, 0) is 14.4 Å². The summed E-state index contributed by atoms with van der Waals surface area (Å²) in [6, 6.07) is 6.84. The molecule has 2 heterocycles. The number of carbonyl (C=O) groups is 3. The van der Waals surface area contributed by atoms with Crippen molar-refractivity contribution in [3.8, 4) is 17.2 Å². The second-order valence-electron chi connectivity index (χ2n) is 5.06. The van der Waals surface area contributed by atoms with Gasteiger partial charge in [-0.25, -0.2) is 0 Å². The number of ether oxygens (including phenoxy) is 1. The van der Waals surface area contributed by atoms with Gasteiger partial charge in [-0.1, -0.05) is 5.10 Å². The van der Waals surface area contributed by atoms with Gasteiger partial charge in [0, 0.05) is 18.4 Å². The first kappa shape index (κ1) is 15.7. The lowest BCUT2D eigenvalue weighted by atomic mass is 10.2. The highest BCUT2D eigenvalue weighted by atomic mass is 16.5. The van der Waals surface area contributed by atoms with Gasteiger partial charge in [0.15, 0.2) is 0 Å². The molecule has 3 amide bonds. The molecule has 9 nitrogen and oxygen atoms in total. The molecule has 0 saturated carbocycles. The van der Waals surface area contributed by atoms with Crippen LogP contribution in [0.15, 0.2) is 28.7 Å². The summed E-state index contributed by atoms with van der Waals surface area (Å²) in [7, 11) is 1.56. The molecule has 1 aliphatic rings. The maximum atomic E-state index is 11.9. The zero-order valence-corrected chi connectivity index (χ0v) is 12.8. The lowest BCUT2D eigenvalue weighted by molar-refractivity contribution is -0.141. The van der Waals surface area contributed by atoms with Crippen molar-refractivity contribution in [3.05, 3.63) is 24.3 Å². The van der Waals surface area contributed by atoms with Crippen molar-refractivity contribution in [1.29, 1.82) is 0 Å². The highest BCUT2D eigenvalue weighted by Crippen LogP contribution is 2.22. The Balaban J connectivity index is 1.64. The molecule has 0 atom stereocenters. The highest BCUT2D eigenvalue weighted by molar-refractivity contribution is 6.05. The summed E-state index contributed by atoms with van der Waals surface area (Å²) in [5, 5.41) is 9.93. The number of imide groups is 1. The fraction of sp³-hybridized carbons (Fsp3) is 0.267. The molecule has 2 aromatic rings. The molecule has 1 aliphatic heterocycles. The van der Waals surface area contributed by atoms with Crippen LogP contribution in [0, 0.1) is 0 Å². The van der Waals surface area contributed by atoms with E-state index in [2.05, 4.69) is 15.5 Å². The summed E-state index contributed by atoms with van der Waals surface area (Å²) < 4.78 is 10.4. The van der Waals surface area contributed by atoms with Crippen molar-refractivity contribution in [3.63, 3.8) is 0 Å². The number of nitrogens with zero attached hydrogens (tertiary/aromatic N) is 3. The number of amides is 3. The summed E-state index contributed by atoms with van der Waals surface area (Å²) in [4.78, 5) is 35.8. The molecule has 124 valence electrons. The third-order valence-electron chi connectivity index (χ3n) is 3.46. The van der Waals surface area contributed by atoms with Crippen molar-refractivity contribution in [2.45, 2.75) is 12.8 Å². The Morgan fingerprint density at radius 1 is 1.21 bits per heavy atom. The minimum absolute atomic E-state index is 0.107. The minimum atomic E-state index is -0.580. The van der Waals surface area contributed by atoms with Crippen molar-refractivity contribution < 1.29 is 23.5 Å². The molecule has 0 unspecified atom stereocenters. The molecule has 0 aliphatic carbocycles. The molecule has 1 fully saturated rings. The van der Waals surface area contributed by atoms with E-state index in [4.69, 9.17) is 9.15 Å². The molecule has 1 aromatic carbocycles. The molecule has 1 saturated heterocycles. The van der Waals surface area contributed by atoms with Gasteiger partial charge in [-0.05, 0) is 24.3 Å². The number of benzene rings is 1. The summed E-state index contributed by atoms with van der Waals surface area (Å²) in [5.41, 5.74) is 0.661. The van der Waals surface area contributed by atoms with Gasteiger partial charge in [-0.3, -0.25) is 24.6 Å². The Morgan fingerprint density at radius 3 is 2.50 bits per heavy atom. The molecule has 9 heteroatoms. The third kappa shape index (κ3) is 3.24. The van der Waals surface area contributed by atoms with Gasteiger partial charge in [-0.15, -0.1) is 5.10 Å². The van der Waals surface area contributed by atoms with E-state index in [0.29, 0.717) is 11.3 Å². The minimum Gasteiger partial charge on any atom is -0.497 e. The second-order valence-corrected chi connectivity index (χ2v) is 5.06. The standard InChI is InChI=1S/C15H14N4O5/c1-23-10-4-2-9(3-5-10)14-17-18-15(24-14)16-11(20)8-19-12(21)6-7-13(19)22/h2-5H,6-8H2,1H3,(H,16,18,20). The average Bonchev–Trinajstić information content (AvgIpc) is 3.17. The largest absolute Gasteiger partial charge is 0.497 e. The van der Waals surface area contributed by atoms with Crippen LogP contribution in [0.3, 0.4) is 0 Å². The van der Waals surface area contributed by atoms with Crippen LogP contribution in [0.25, 0.3) is 11.5 Å². The second kappa shape index (κ2) is 6.49. The fourth-order valence-corrected chi connectivity index (χ4v) is 2.23. The van der Waals surface area contributed by atoms with Gasteiger partial charge in [0.25, 0.3) is 0 Å². The lowest BCUT2D eigenvalue weighted by Crippen LogP contribution is -2.36. The van der Waals surface area contributed by atoms with Gasteiger partial charge < -0.3 is 9.15 Å². The Morgan fingerprint density at radius 2 is 1.88 bits per heavy atom. The molecule has 24 heavy (non-hydrogen) atoms. The zero-order chi connectivity index (χ0) is 17.1. The monoisotopic (exact) mass is 330 g/mol. The predicted octanol–water partition coefficient (Wildman–Crippen LogP) is 0.833. The van der Waals surface area contributed by atoms with E-state index in [1.807, 2.05) is 0 Å². The molecule has 1 aromatic heterocycles. The number of nitrogens with one attached hydrogen (secondary N) is 1. The van der Waals surface area contributed by atoms with Gasteiger partial charge in [0.1, 0.15) is 12.3 Å². The van der Waals surface area contributed by atoms with Crippen LogP contribution >= 0.6 is 0 Å². The van der Waals surface area contributed by atoms with Crippen molar-refractivity contribution >= 4 is 23.7 Å². The first-order valence-corrected chi connectivity index (χ1v) is 7.18. The number of hydrogen-bond acceptors (Lipinski definition) is 7. The predicted molar refractivity (Wildman–Crippen MR) is 80.9 cm³/mol. The Bertz CT molecular complexity index is 767. The lowest BCUT2D eigenvalue weighted by Gasteiger charge is -2.11. The van der Waals surface area contributed by atoms with Crippen molar-refractivity contribution in [2.24, 2.45) is 0 Å². The number of hydrogen-bond donors (Lipinski definition) is 1. The van der Waals surface area contributed by atoms with Gasteiger partial charge >= 0.3 is 6.01 Å². The van der Waals surface area contributed by atoms with E-state index in [1.54, 1.807) is 31.4 Å². The van der Waals surface area contributed by atoms with Crippen LogP contribution in [0.5, 0.6) is 5.75 Å². The maximum Gasteiger partial charge on any atom is 0.322 e. The number of methoxy groups -OCH3 is 1. The smallest absolute Gasteiger partial charge is 0.322 e. The molecule has 1 N–H and O–H groups in total. The Labute approximate surface area is 136 Å². The molecular formula is C15H14N4O5. The van der Waals surface area contributed by atoms with E-state index in [9.17, 15) is 14.4 Å². The molecule has 3 rings (SSSR count). The van der Waals surface area contributed by atoms with Crippen LogP contribution in [0.4, 0.5) is 6.01 Å². The Kier molecular flexibility index (Phi) is 4.23. The first-order valence-electron chi connectivity index (χ1n) is 7.18. The number of aromatic nitrogens is 2. The summed E-state index contributed by atoms with van der Waals surface area (Å²) in [5.74, 6) is -0.393. The van der Waals surface area contributed by atoms with E-state index in [1.165, 1.54) is 0 Å². The van der Waals surface area contributed by atoms with E-state index in [0.717, 1.165) is 4.90 Å². The molecule has 0 bridgehead atoms. The van der Waals surface area contributed by atoms with Crippen LogP contribution in [-0.4, -0.2) is 46.5 Å².